The monoisotopic (exact) mass is 148 g/mol. The van der Waals surface area contributed by atoms with Crippen LogP contribution in [-0.2, 0) is 0 Å². The standard InChI is InChI=1S/C7H8.C4H8/c1-7-5-3-2-4-6-7;1-2-4-3-1/h2-6H,1H3;1-4H2. The zero-order valence-corrected chi connectivity index (χ0v) is 7.22. The summed E-state index contributed by atoms with van der Waals surface area (Å²) < 4.78 is 0. The zero-order chi connectivity index (χ0) is 7.94. The van der Waals surface area contributed by atoms with Crippen LogP contribution in [0.2, 0.25) is 0 Å². The lowest BCUT2D eigenvalue weighted by molar-refractivity contribution is 0.504. The third-order valence-electron chi connectivity index (χ3n) is 1.94. The number of hydrogen-bond acceptors (Lipinski definition) is 0. The predicted molar refractivity (Wildman–Crippen MR) is 49.6 cm³/mol. The third kappa shape index (κ3) is 3.82. The lowest BCUT2D eigenvalue weighted by atomic mass is 10.0. The first-order valence-corrected chi connectivity index (χ1v) is 4.41. The molecule has 0 heterocycles. The van der Waals surface area contributed by atoms with Gasteiger partial charge in [-0.15, -0.1) is 0 Å². The highest BCUT2D eigenvalue weighted by Crippen LogP contribution is 2.15. The molecule has 0 aromatic heterocycles. The minimum Gasteiger partial charge on any atom is -0.0622 e. The number of benzene rings is 1. The van der Waals surface area contributed by atoms with Crippen LogP contribution in [-0.4, -0.2) is 0 Å². The van der Waals surface area contributed by atoms with Gasteiger partial charge < -0.3 is 0 Å². The summed E-state index contributed by atoms with van der Waals surface area (Å²) in [5, 5.41) is 0. The molecule has 2 rings (SSSR count). The summed E-state index contributed by atoms with van der Waals surface area (Å²) in [5.74, 6) is 0. The van der Waals surface area contributed by atoms with E-state index in [-0.39, 0.29) is 0 Å². The molecule has 0 aliphatic heterocycles. The van der Waals surface area contributed by atoms with Crippen LogP contribution < -0.4 is 0 Å². The Kier molecular flexibility index (Phi) is 3.74. The van der Waals surface area contributed by atoms with Gasteiger partial charge in [-0.3, -0.25) is 0 Å². The van der Waals surface area contributed by atoms with Crippen molar-refractivity contribution in [3.63, 3.8) is 0 Å². The minimum absolute atomic E-state index is 1.32. The van der Waals surface area contributed by atoms with E-state index in [0.717, 1.165) is 0 Å². The van der Waals surface area contributed by atoms with Crippen LogP contribution in [0, 0.1) is 6.92 Å². The van der Waals surface area contributed by atoms with Crippen molar-refractivity contribution in [1.82, 2.24) is 0 Å². The molecule has 0 heteroatoms. The first-order valence-electron chi connectivity index (χ1n) is 4.41. The number of aryl methyl sites for hydroxylation is 1. The molecule has 0 atom stereocenters. The van der Waals surface area contributed by atoms with Crippen LogP contribution in [0.15, 0.2) is 30.3 Å². The first kappa shape index (κ1) is 8.32. The Morgan fingerprint density at radius 1 is 0.818 bits per heavy atom. The number of hydrogen-bond donors (Lipinski definition) is 0. The number of rotatable bonds is 0. The van der Waals surface area contributed by atoms with E-state index < -0.39 is 0 Å². The Balaban J connectivity index is 0.000000128. The van der Waals surface area contributed by atoms with E-state index in [1.54, 1.807) is 0 Å². The van der Waals surface area contributed by atoms with Crippen molar-refractivity contribution < 1.29 is 0 Å². The minimum atomic E-state index is 1.32. The molecule has 1 fully saturated rings. The van der Waals surface area contributed by atoms with Crippen molar-refractivity contribution in [3.8, 4) is 0 Å². The molecule has 0 spiro atoms. The highest BCUT2D eigenvalue weighted by atomic mass is 14.0. The van der Waals surface area contributed by atoms with Crippen LogP contribution in [0.1, 0.15) is 31.2 Å². The Hall–Kier alpha value is -0.780. The van der Waals surface area contributed by atoms with Crippen molar-refractivity contribution >= 4 is 0 Å². The van der Waals surface area contributed by atoms with E-state index in [1.807, 2.05) is 18.2 Å². The molecule has 60 valence electrons. The molecule has 0 radical (unpaired) electrons. The predicted octanol–water partition coefficient (Wildman–Crippen LogP) is 3.56. The Morgan fingerprint density at radius 3 is 1.45 bits per heavy atom. The van der Waals surface area contributed by atoms with E-state index in [1.165, 1.54) is 31.2 Å². The fourth-order valence-electron chi connectivity index (χ4n) is 0.784. The van der Waals surface area contributed by atoms with Gasteiger partial charge in [0.1, 0.15) is 0 Å². The zero-order valence-electron chi connectivity index (χ0n) is 7.22. The molecule has 0 unspecified atom stereocenters. The fraction of sp³-hybridized carbons (Fsp3) is 0.455. The molecule has 0 amide bonds. The topological polar surface area (TPSA) is 0 Å². The highest BCUT2D eigenvalue weighted by Gasteiger charge is 1.95. The van der Waals surface area contributed by atoms with Gasteiger partial charge in [-0.1, -0.05) is 61.6 Å². The van der Waals surface area contributed by atoms with E-state index >= 15 is 0 Å². The van der Waals surface area contributed by atoms with Gasteiger partial charge in [0.15, 0.2) is 0 Å². The molecule has 1 aliphatic rings. The van der Waals surface area contributed by atoms with Gasteiger partial charge in [0, 0.05) is 0 Å². The maximum absolute atomic E-state index is 2.08. The Morgan fingerprint density at radius 2 is 1.27 bits per heavy atom. The van der Waals surface area contributed by atoms with Crippen LogP contribution >= 0.6 is 0 Å². The van der Waals surface area contributed by atoms with Crippen molar-refractivity contribution in [2.75, 3.05) is 0 Å². The second-order valence-corrected chi connectivity index (χ2v) is 3.07. The maximum atomic E-state index is 2.08. The van der Waals surface area contributed by atoms with Gasteiger partial charge in [-0.25, -0.2) is 0 Å². The van der Waals surface area contributed by atoms with Gasteiger partial charge in [-0.2, -0.15) is 0 Å². The summed E-state index contributed by atoms with van der Waals surface area (Å²) >= 11 is 0. The molecular weight excluding hydrogens is 132 g/mol. The van der Waals surface area contributed by atoms with Crippen LogP contribution in [0.4, 0.5) is 0 Å². The summed E-state index contributed by atoms with van der Waals surface area (Å²) in [6.45, 7) is 2.08. The molecule has 0 nitrogen and oxygen atoms in total. The van der Waals surface area contributed by atoms with Gasteiger partial charge in [-0.05, 0) is 6.92 Å². The maximum Gasteiger partial charge on any atom is -0.0398 e. The van der Waals surface area contributed by atoms with Crippen LogP contribution in [0.25, 0.3) is 0 Å². The van der Waals surface area contributed by atoms with E-state index in [4.69, 9.17) is 0 Å². The van der Waals surface area contributed by atoms with Gasteiger partial charge in [0.25, 0.3) is 0 Å². The van der Waals surface area contributed by atoms with E-state index in [9.17, 15) is 0 Å². The van der Waals surface area contributed by atoms with E-state index in [2.05, 4.69) is 19.1 Å². The van der Waals surface area contributed by atoms with Gasteiger partial charge >= 0.3 is 0 Å². The summed E-state index contributed by atoms with van der Waals surface area (Å²) in [6.07, 6.45) is 6.00. The molecule has 1 aromatic carbocycles. The Labute approximate surface area is 69.3 Å². The smallest absolute Gasteiger partial charge is 0.0398 e. The first-order chi connectivity index (χ1) is 5.39. The van der Waals surface area contributed by atoms with Crippen molar-refractivity contribution in [2.45, 2.75) is 32.6 Å². The molecule has 1 aliphatic carbocycles. The Bertz CT molecular complexity index is 168. The SMILES string of the molecule is C1CCC1.Cc1ccccc1. The lowest BCUT2D eigenvalue weighted by Gasteiger charge is -2.05. The molecule has 0 bridgehead atoms. The summed E-state index contributed by atoms with van der Waals surface area (Å²) in [7, 11) is 0. The fourth-order valence-corrected chi connectivity index (χ4v) is 0.784. The summed E-state index contributed by atoms with van der Waals surface area (Å²) in [4.78, 5) is 0. The van der Waals surface area contributed by atoms with Crippen LogP contribution in [0.5, 0.6) is 0 Å². The highest BCUT2D eigenvalue weighted by molar-refractivity contribution is 5.11. The molecule has 0 saturated heterocycles. The normalized spacial score (nSPS) is 14.3. The quantitative estimate of drug-likeness (QED) is 0.527. The lowest BCUT2D eigenvalue weighted by Crippen LogP contribution is -1.85. The van der Waals surface area contributed by atoms with Crippen molar-refractivity contribution in [2.24, 2.45) is 0 Å². The van der Waals surface area contributed by atoms with Crippen molar-refractivity contribution in [1.29, 1.82) is 0 Å². The van der Waals surface area contributed by atoms with E-state index in [0.29, 0.717) is 0 Å². The average Bonchev–Trinajstić information content (AvgIpc) is 1.85. The summed E-state index contributed by atoms with van der Waals surface area (Å²) in [5.41, 5.74) is 1.32. The molecule has 1 saturated carbocycles. The van der Waals surface area contributed by atoms with Crippen molar-refractivity contribution in [3.05, 3.63) is 35.9 Å². The molecule has 11 heavy (non-hydrogen) atoms. The van der Waals surface area contributed by atoms with Gasteiger partial charge in [0.05, 0.1) is 0 Å². The molecular formula is C11H16. The average molecular weight is 148 g/mol. The largest absolute Gasteiger partial charge is 0.0622 e. The third-order valence-corrected chi connectivity index (χ3v) is 1.94. The summed E-state index contributed by atoms with van der Waals surface area (Å²) in [6, 6.07) is 10.3. The van der Waals surface area contributed by atoms with Gasteiger partial charge in [0.2, 0.25) is 0 Å². The van der Waals surface area contributed by atoms with Crippen LogP contribution in [0.3, 0.4) is 0 Å². The molecule has 1 aromatic rings. The molecule has 0 N–H and O–H groups in total. The second kappa shape index (κ2) is 4.95. The second-order valence-electron chi connectivity index (χ2n) is 3.07.